The van der Waals surface area contributed by atoms with Crippen LogP contribution in [0.1, 0.15) is 12.8 Å². The molecule has 0 spiro atoms. The van der Waals surface area contributed by atoms with Crippen molar-refractivity contribution in [3.8, 4) is 5.75 Å². The van der Waals surface area contributed by atoms with E-state index in [2.05, 4.69) is 16.6 Å². The number of ether oxygens (including phenoxy) is 1. The van der Waals surface area contributed by atoms with E-state index in [1.807, 2.05) is 17.8 Å². The second-order valence-electron chi connectivity index (χ2n) is 4.56. The van der Waals surface area contributed by atoms with E-state index >= 15 is 0 Å². The summed E-state index contributed by atoms with van der Waals surface area (Å²) in [6, 6.07) is 5.42. The number of methoxy groups -OCH3 is 1. The molecular weight excluding hydrogens is 282 g/mol. The van der Waals surface area contributed by atoms with Crippen LogP contribution in [0.15, 0.2) is 23.2 Å². The van der Waals surface area contributed by atoms with Crippen molar-refractivity contribution in [2.45, 2.75) is 17.6 Å². The van der Waals surface area contributed by atoms with Crippen LogP contribution in [0.2, 0.25) is 5.02 Å². The molecule has 0 radical (unpaired) electrons. The van der Waals surface area contributed by atoms with Crippen molar-refractivity contribution in [1.82, 2.24) is 0 Å². The molecule has 6 heteroatoms. The fourth-order valence-electron chi connectivity index (χ4n) is 1.73. The third-order valence-corrected chi connectivity index (χ3v) is 4.90. The molecule has 1 aromatic rings. The molecule has 0 unspecified atom stereocenters. The van der Waals surface area contributed by atoms with E-state index in [0.717, 1.165) is 12.2 Å². The number of rotatable bonds is 5. The van der Waals surface area contributed by atoms with Crippen molar-refractivity contribution >= 4 is 35.0 Å². The molecule has 0 saturated heterocycles. The van der Waals surface area contributed by atoms with E-state index in [1.165, 1.54) is 12.8 Å². The summed E-state index contributed by atoms with van der Waals surface area (Å²) in [5.41, 5.74) is 6.68. The minimum atomic E-state index is 0.323. The predicted octanol–water partition coefficient (Wildman–Crippen LogP) is 2.97. The number of guanidine groups is 1. The number of hydrogen-bond donors (Lipinski definition) is 2. The van der Waals surface area contributed by atoms with Crippen LogP contribution in [-0.4, -0.2) is 30.6 Å². The molecule has 0 heterocycles. The molecule has 2 rings (SSSR count). The number of nitrogens with zero attached hydrogens (tertiary/aromatic N) is 1. The summed E-state index contributed by atoms with van der Waals surface area (Å²) in [6.07, 6.45) is 4.56. The van der Waals surface area contributed by atoms with Gasteiger partial charge in [-0.05, 0) is 37.3 Å². The Hall–Kier alpha value is -1.07. The Balaban J connectivity index is 1.96. The molecule has 1 saturated carbocycles. The Kier molecular flexibility index (Phi) is 4.47. The van der Waals surface area contributed by atoms with Crippen LogP contribution in [0, 0.1) is 0 Å². The van der Waals surface area contributed by atoms with Crippen LogP contribution in [-0.2, 0) is 0 Å². The van der Waals surface area contributed by atoms with Crippen molar-refractivity contribution in [2.75, 3.05) is 25.2 Å². The van der Waals surface area contributed by atoms with Gasteiger partial charge >= 0.3 is 0 Å². The fourth-order valence-corrected chi connectivity index (χ4v) is 2.69. The molecule has 0 amide bonds. The first-order valence-corrected chi connectivity index (χ1v) is 7.64. The van der Waals surface area contributed by atoms with Crippen molar-refractivity contribution in [2.24, 2.45) is 10.7 Å². The number of aliphatic imine (C=N–C) groups is 1. The molecule has 1 aromatic carbocycles. The number of thioether (sulfide) groups is 1. The van der Waals surface area contributed by atoms with E-state index in [0.29, 0.717) is 21.5 Å². The maximum absolute atomic E-state index is 6.05. The van der Waals surface area contributed by atoms with Crippen LogP contribution in [0.4, 0.5) is 5.69 Å². The van der Waals surface area contributed by atoms with Gasteiger partial charge < -0.3 is 15.8 Å². The minimum absolute atomic E-state index is 0.323. The van der Waals surface area contributed by atoms with Gasteiger partial charge in [-0.2, -0.15) is 11.8 Å². The Labute approximate surface area is 122 Å². The summed E-state index contributed by atoms with van der Waals surface area (Å²) in [5.74, 6) is 1.06. The average molecular weight is 300 g/mol. The monoisotopic (exact) mass is 299 g/mol. The van der Waals surface area contributed by atoms with Crippen LogP contribution >= 0.6 is 23.4 Å². The zero-order valence-corrected chi connectivity index (χ0v) is 12.6. The molecule has 1 aliphatic carbocycles. The number of benzene rings is 1. The molecule has 19 heavy (non-hydrogen) atoms. The first kappa shape index (κ1) is 14.3. The highest BCUT2D eigenvalue weighted by Crippen LogP contribution is 2.47. The van der Waals surface area contributed by atoms with Crippen molar-refractivity contribution < 1.29 is 4.74 Å². The topological polar surface area (TPSA) is 59.6 Å². The quantitative estimate of drug-likeness (QED) is 0.648. The largest absolute Gasteiger partial charge is 0.495 e. The Morgan fingerprint density at radius 3 is 2.84 bits per heavy atom. The maximum Gasteiger partial charge on any atom is 0.193 e. The summed E-state index contributed by atoms with van der Waals surface area (Å²) >= 11 is 7.91. The van der Waals surface area contributed by atoms with E-state index < -0.39 is 0 Å². The van der Waals surface area contributed by atoms with Crippen LogP contribution < -0.4 is 15.8 Å². The van der Waals surface area contributed by atoms with Gasteiger partial charge in [0.05, 0.1) is 18.7 Å². The van der Waals surface area contributed by atoms with E-state index in [-0.39, 0.29) is 0 Å². The van der Waals surface area contributed by atoms with Gasteiger partial charge in [0.1, 0.15) is 5.75 Å². The van der Waals surface area contributed by atoms with Gasteiger partial charge in [-0.1, -0.05) is 11.6 Å². The normalized spacial score (nSPS) is 17.1. The van der Waals surface area contributed by atoms with Crippen molar-refractivity contribution in [3.63, 3.8) is 0 Å². The average Bonchev–Trinajstić information content (AvgIpc) is 3.17. The third-order valence-electron chi connectivity index (χ3n) is 3.20. The molecule has 0 bridgehead atoms. The second-order valence-corrected chi connectivity index (χ2v) is 6.24. The molecule has 104 valence electrons. The highest BCUT2D eigenvalue weighted by atomic mass is 35.5. The molecule has 1 aliphatic rings. The number of halogens is 1. The summed E-state index contributed by atoms with van der Waals surface area (Å²) in [4.78, 5) is 4.38. The smallest absolute Gasteiger partial charge is 0.193 e. The lowest BCUT2D eigenvalue weighted by molar-refractivity contribution is 0.415. The van der Waals surface area contributed by atoms with Gasteiger partial charge in [0.2, 0.25) is 0 Å². The first-order chi connectivity index (χ1) is 9.08. The summed E-state index contributed by atoms with van der Waals surface area (Å²) in [5, 5.41) is 3.58. The summed E-state index contributed by atoms with van der Waals surface area (Å²) in [6.45, 7) is 0.761. The standard InChI is InChI=1S/C13H18ClN3OS/c1-18-11-4-3-9(7-10(11)14)17-12(15)16-8-13(19-2)5-6-13/h3-4,7H,5-6,8H2,1-2H3,(H3,15,16,17). The van der Waals surface area contributed by atoms with Gasteiger partial charge in [-0.15, -0.1) is 0 Å². The summed E-state index contributed by atoms with van der Waals surface area (Å²) < 4.78 is 5.42. The van der Waals surface area contributed by atoms with E-state index in [1.54, 1.807) is 19.2 Å². The highest BCUT2D eigenvalue weighted by Gasteiger charge is 2.41. The predicted molar refractivity (Wildman–Crippen MR) is 83.6 cm³/mol. The first-order valence-electron chi connectivity index (χ1n) is 6.04. The van der Waals surface area contributed by atoms with Crippen LogP contribution in [0.3, 0.4) is 0 Å². The summed E-state index contributed by atoms with van der Waals surface area (Å²) in [7, 11) is 1.58. The van der Waals surface area contributed by atoms with Crippen molar-refractivity contribution in [3.05, 3.63) is 23.2 Å². The number of anilines is 1. The molecule has 0 aromatic heterocycles. The Morgan fingerprint density at radius 2 is 2.32 bits per heavy atom. The SMILES string of the molecule is COc1ccc(NC(N)=NCC2(SC)CC2)cc1Cl. The van der Waals surface area contributed by atoms with Gasteiger partial charge in [0, 0.05) is 10.4 Å². The Morgan fingerprint density at radius 1 is 1.58 bits per heavy atom. The highest BCUT2D eigenvalue weighted by molar-refractivity contribution is 8.00. The number of nitrogens with two attached hydrogens (primary N) is 1. The molecule has 1 fully saturated rings. The zero-order chi connectivity index (χ0) is 13.9. The zero-order valence-electron chi connectivity index (χ0n) is 11.1. The lowest BCUT2D eigenvalue weighted by atomic mass is 10.3. The fraction of sp³-hybridized carbons (Fsp3) is 0.462. The molecule has 0 atom stereocenters. The van der Waals surface area contributed by atoms with Gasteiger partial charge in [0.25, 0.3) is 0 Å². The van der Waals surface area contributed by atoms with Gasteiger partial charge in [-0.3, -0.25) is 4.99 Å². The van der Waals surface area contributed by atoms with Gasteiger partial charge in [-0.25, -0.2) is 0 Å². The molecule has 0 aliphatic heterocycles. The lowest BCUT2D eigenvalue weighted by Crippen LogP contribution is -2.24. The second kappa shape index (κ2) is 5.92. The van der Waals surface area contributed by atoms with Gasteiger partial charge in [0.15, 0.2) is 5.96 Å². The molecular formula is C13H18ClN3OS. The maximum atomic E-state index is 6.05. The lowest BCUT2D eigenvalue weighted by Gasteiger charge is -2.11. The van der Waals surface area contributed by atoms with E-state index in [4.69, 9.17) is 22.1 Å². The molecule has 3 N–H and O–H groups in total. The number of nitrogens with one attached hydrogen (secondary N) is 1. The van der Waals surface area contributed by atoms with E-state index in [9.17, 15) is 0 Å². The van der Waals surface area contributed by atoms with Crippen molar-refractivity contribution in [1.29, 1.82) is 0 Å². The molecule has 4 nitrogen and oxygen atoms in total. The number of hydrogen-bond acceptors (Lipinski definition) is 3. The Bertz CT molecular complexity index is 489. The van der Waals surface area contributed by atoms with Crippen LogP contribution in [0.5, 0.6) is 5.75 Å². The van der Waals surface area contributed by atoms with Crippen LogP contribution in [0.25, 0.3) is 0 Å². The third kappa shape index (κ3) is 3.70. The minimum Gasteiger partial charge on any atom is -0.495 e.